The van der Waals surface area contributed by atoms with Gasteiger partial charge in [0.1, 0.15) is 11.9 Å². The number of hydrogen-bond acceptors (Lipinski definition) is 10. The average molecular weight is 784 g/mol. The summed E-state index contributed by atoms with van der Waals surface area (Å²) in [5, 5.41) is 11.7. The summed E-state index contributed by atoms with van der Waals surface area (Å²) in [6.07, 6.45) is 8.03. The van der Waals surface area contributed by atoms with Gasteiger partial charge in [0.2, 0.25) is 6.29 Å². The molecule has 3 unspecified atom stereocenters. The third kappa shape index (κ3) is 9.21. The highest BCUT2D eigenvalue weighted by Gasteiger charge is 2.53. The molecule has 3 fully saturated rings. The zero-order chi connectivity index (χ0) is 39.6. The molecule has 11 heteroatoms. The zero-order valence-corrected chi connectivity index (χ0v) is 34.6. The Hall–Kier alpha value is -2.73. The van der Waals surface area contributed by atoms with Crippen molar-refractivity contribution in [2.45, 2.75) is 129 Å². The monoisotopic (exact) mass is 783 g/mol. The lowest BCUT2D eigenvalue weighted by molar-refractivity contribution is -0.231. The molecule has 1 saturated carbocycles. The van der Waals surface area contributed by atoms with Gasteiger partial charge in [0, 0.05) is 22.9 Å². The van der Waals surface area contributed by atoms with Crippen LogP contribution in [0.1, 0.15) is 91.0 Å². The summed E-state index contributed by atoms with van der Waals surface area (Å²) < 4.78 is 36.4. The zero-order valence-electron chi connectivity index (χ0n) is 33.9. The molecule has 1 aromatic rings. The SMILES string of the molecule is CC[C@H]1CCC[C@H](O[C@H]2CC[C@H](N(C)C)C(C)O2)[C@@H](C)C(=O)C2=C[C@@H]3C(C(c4cccc(Cl)c4)=CC4C[C@@H](O[C@H](O)/C(OC)=C(/C)OC)C[C@H]43)[C@@H]2CC(=O)O1. The molecule has 2 heterocycles. The summed E-state index contributed by atoms with van der Waals surface area (Å²) in [4.78, 5) is 31.1. The first kappa shape index (κ1) is 41.9. The number of methoxy groups -OCH3 is 2. The van der Waals surface area contributed by atoms with Crippen LogP contribution in [-0.2, 0) is 38.0 Å². The van der Waals surface area contributed by atoms with Gasteiger partial charge in [-0.25, -0.2) is 0 Å². The van der Waals surface area contributed by atoms with E-state index in [1.165, 1.54) is 14.2 Å². The van der Waals surface area contributed by atoms with Gasteiger partial charge in [-0.1, -0.05) is 49.7 Å². The summed E-state index contributed by atoms with van der Waals surface area (Å²) in [6.45, 7) is 7.86. The molecule has 0 aromatic heterocycles. The van der Waals surface area contributed by atoms with Crippen molar-refractivity contribution in [3.8, 4) is 0 Å². The maximum atomic E-state index is 15.0. The molecule has 0 radical (unpaired) electrons. The van der Waals surface area contributed by atoms with Crippen LogP contribution in [0.2, 0.25) is 5.02 Å². The number of carbonyl (C=O) groups is 2. The fourth-order valence-electron chi connectivity index (χ4n) is 10.2. The number of nitrogens with zero attached hydrogens (tertiary/aromatic N) is 1. The number of halogens is 1. The molecule has 3 aliphatic carbocycles. The second kappa shape index (κ2) is 18.2. The van der Waals surface area contributed by atoms with E-state index in [1.54, 1.807) is 6.92 Å². The van der Waals surface area contributed by atoms with Crippen molar-refractivity contribution < 1.29 is 43.1 Å². The Bertz CT molecular complexity index is 1620. The van der Waals surface area contributed by atoms with Crippen LogP contribution in [0, 0.1) is 35.5 Å². The van der Waals surface area contributed by atoms with E-state index in [0.29, 0.717) is 48.1 Å². The van der Waals surface area contributed by atoms with Crippen LogP contribution in [-0.4, -0.2) is 93.1 Å². The molecule has 0 amide bonds. The van der Waals surface area contributed by atoms with Crippen LogP contribution >= 0.6 is 11.6 Å². The quantitative estimate of drug-likeness (QED) is 0.144. The lowest BCUT2D eigenvalue weighted by atomic mass is 9.65. The number of allylic oxidation sites excluding steroid dienone is 5. The summed E-state index contributed by atoms with van der Waals surface area (Å²) in [6, 6.07) is 8.15. The van der Waals surface area contributed by atoms with Gasteiger partial charge in [-0.2, -0.15) is 0 Å². The molecular weight excluding hydrogens is 722 g/mol. The van der Waals surface area contributed by atoms with Gasteiger partial charge in [-0.05, 0) is 132 Å². The molecule has 1 aromatic carbocycles. The second-order valence-corrected chi connectivity index (χ2v) is 17.0. The van der Waals surface area contributed by atoms with E-state index in [0.717, 1.165) is 36.8 Å². The molecule has 304 valence electrons. The van der Waals surface area contributed by atoms with Crippen molar-refractivity contribution in [1.29, 1.82) is 0 Å². The van der Waals surface area contributed by atoms with Crippen molar-refractivity contribution in [1.82, 2.24) is 4.90 Å². The molecule has 0 spiro atoms. The van der Waals surface area contributed by atoms with Crippen LogP contribution in [0.4, 0.5) is 0 Å². The molecule has 55 heavy (non-hydrogen) atoms. The first-order chi connectivity index (χ1) is 26.3. The first-order valence-electron chi connectivity index (χ1n) is 20.4. The summed E-state index contributed by atoms with van der Waals surface area (Å²) in [7, 11) is 7.17. The molecule has 0 bridgehead atoms. The molecule has 13 atom stereocenters. The lowest BCUT2D eigenvalue weighted by Crippen LogP contribution is -2.47. The number of ether oxygens (including phenoxy) is 6. The van der Waals surface area contributed by atoms with Crippen molar-refractivity contribution in [3.63, 3.8) is 0 Å². The maximum absolute atomic E-state index is 15.0. The number of Topliss-reactive ketones (excluding diaryl/α,β-unsaturated/α-hetero) is 1. The van der Waals surface area contributed by atoms with Crippen molar-refractivity contribution in [3.05, 3.63) is 64.1 Å². The Balaban J connectivity index is 1.35. The summed E-state index contributed by atoms with van der Waals surface area (Å²) in [5.74, 6) is -0.371. The number of carbonyl (C=O) groups excluding carboxylic acids is 2. The largest absolute Gasteiger partial charge is 0.498 e. The van der Waals surface area contributed by atoms with Crippen LogP contribution in [0.15, 0.2) is 53.5 Å². The van der Waals surface area contributed by atoms with Crippen molar-refractivity contribution in [2.75, 3.05) is 28.3 Å². The minimum atomic E-state index is -1.29. The van der Waals surface area contributed by atoms with Gasteiger partial charge >= 0.3 is 5.97 Å². The molecule has 5 aliphatic rings. The van der Waals surface area contributed by atoms with Gasteiger partial charge in [-0.15, -0.1) is 0 Å². The minimum absolute atomic E-state index is 0.00557. The van der Waals surface area contributed by atoms with Crippen LogP contribution in [0.5, 0.6) is 0 Å². The highest BCUT2D eigenvalue weighted by Crippen LogP contribution is 2.58. The molecule has 2 aliphatic heterocycles. The molecular formula is C44H62ClNO9. The Kier molecular flexibility index (Phi) is 13.9. The van der Waals surface area contributed by atoms with Crippen molar-refractivity contribution in [2.24, 2.45) is 35.5 Å². The fourth-order valence-corrected chi connectivity index (χ4v) is 10.3. The number of ketones is 1. The van der Waals surface area contributed by atoms with E-state index in [2.05, 4.69) is 51.1 Å². The number of esters is 1. The van der Waals surface area contributed by atoms with E-state index >= 15 is 0 Å². The second-order valence-electron chi connectivity index (χ2n) is 16.6. The normalized spacial score (nSPS) is 36.6. The maximum Gasteiger partial charge on any atom is 0.306 e. The summed E-state index contributed by atoms with van der Waals surface area (Å²) >= 11 is 6.59. The Labute approximate surface area is 332 Å². The highest BCUT2D eigenvalue weighted by atomic mass is 35.5. The van der Waals surface area contributed by atoms with E-state index in [9.17, 15) is 14.7 Å². The van der Waals surface area contributed by atoms with Crippen molar-refractivity contribution >= 4 is 28.9 Å². The van der Waals surface area contributed by atoms with E-state index in [4.69, 9.17) is 40.0 Å². The number of aliphatic hydroxyl groups excluding tert-OH is 1. The third-order valence-electron chi connectivity index (χ3n) is 13.1. The first-order valence-corrected chi connectivity index (χ1v) is 20.7. The van der Waals surface area contributed by atoms with Gasteiger partial charge in [0.25, 0.3) is 0 Å². The molecule has 6 rings (SSSR count). The topological polar surface area (TPSA) is 113 Å². The number of aliphatic hydroxyl groups is 1. The minimum Gasteiger partial charge on any atom is -0.498 e. The van der Waals surface area contributed by atoms with E-state index < -0.39 is 12.2 Å². The Morgan fingerprint density at radius 3 is 2.49 bits per heavy atom. The van der Waals surface area contributed by atoms with Crippen LogP contribution in [0.3, 0.4) is 0 Å². The average Bonchev–Trinajstić information content (AvgIpc) is 3.73. The van der Waals surface area contributed by atoms with Gasteiger partial charge in [0.15, 0.2) is 17.8 Å². The van der Waals surface area contributed by atoms with Gasteiger partial charge in [0.05, 0.1) is 39.0 Å². The lowest BCUT2D eigenvalue weighted by Gasteiger charge is -2.40. The number of hydrogen-bond donors (Lipinski definition) is 1. The number of benzene rings is 1. The summed E-state index contributed by atoms with van der Waals surface area (Å²) in [5.41, 5.74) is 2.75. The number of likely N-dealkylation sites (N-methyl/N-ethyl adjacent to an activating group) is 1. The third-order valence-corrected chi connectivity index (χ3v) is 13.3. The van der Waals surface area contributed by atoms with Crippen LogP contribution < -0.4 is 0 Å². The smallest absolute Gasteiger partial charge is 0.306 e. The Morgan fingerprint density at radius 1 is 1.04 bits per heavy atom. The standard InChI is InChI=1S/C44H62ClNO9/c1-9-30-14-11-15-38(55-40-17-16-37(46(5)6)25(3)52-40)24(2)42(48)36-22-34-32-21-31(54-44(49)43(51-8)26(4)50-7)19-28(32)20-33(27-12-10-13-29(45)18-27)41(34)35(36)23-39(47)53-30/h10,12-13,18,20,22,24-25,28,30-32,34-35,37-38,40-41,44,49H,9,11,14-17,19,21,23H2,1-8H3/b43-26+/t24-,25?,28?,30+,31-,32-,34+,35-,37+,38+,40+,41?,44+/m1/s1. The highest BCUT2D eigenvalue weighted by molar-refractivity contribution is 6.30. The van der Waals surface area contributed by atoms with E-state index in [-0.39, 0.29) is 84.2 Å². The van der Waals surface area contributed by atoms with Crippen LogP contribution in [0.25, 0.3) is 5.57 Å². The van der Waals surface area contributed by atoms with Gasteiger partial charge in [-0.3, -0.25) is 9.59 Å². The number of cyclic esters (lactones) is 1. The molecule has 1 N–H and O–H groups in total. The predicted molar refractivity (Wildman–Crippen MR) is 211 cm³/mol. The molecule has 10 nitrogen and oxygen atoms in total. The predicted octanol–water partition coefficient (Wildman–Crippen LogP) is 7.72. The molecule has 2 saturated heterocycles. The number of rotatable bonds is 10. The fraction of sp³-hybridized carbons (Fsp3) is 0.682. The number of fused-ring (bicyclic) bond motifs is 5. The van der Waals surface area contributed by atoms with Gasteiger partial charge < -0.3 is 38.4 Å². The van der Waals surface area contributed by atoms with E-state index in [1.807, 2.05) is 25.1 Å². The Morgan fingerprint density at radius 2 is 1.82 bits per heavy atom.